The van der Waals surface area contributed by atoms with Gasteiger partial charge in [0.1, 0.15) is 0 Å². The molecule has 0 aromatic rings. The predicted molar refractivity (Wildman–Crippen MR) is 46.4 cm³/mol. The molecule has 0 aliphatic heterocycles. The van der Waals surface area contributed by atoms with E-state index < -0.39 is 5.60 Å². The van der Waals surface area contributed by atoms with Crippen LogP contribution in [0.5, 0.6) is 0 Å². The van der Waals surface area contributed by atoms with Crippen molar-refractivity contribution in [2.75, 3.05) is 6.61 Å². The molecule has 0 aliphatic rings. The van der Waals surface area contributed by atoms with Crippen molar-refractivity contribution in [2.45, 2.75) is 38.7 Å². The van der Waals surface area contributed by atoms with Crippen molar-refractivity contribution in [1.82, 2.24) is 0 Å². The van der Waals surface area contributed by atoms with Crippen LogP contribution in [0.25, 0.3) is 0 Å². The third kappa shape index (κ3) is 6.07. The van der Waals surface area contributed by atoms with Crippen molar-refractivity contribution in [3.63, 3.8) is 0 Å². The van der Waals surface area contributed by atoms with Gasteiger partial charge in [-0.1, -0.05) is 25.5 Å². The zero-order valence-corrected chi connectivity index (χ0v) is 7.38. The lowest BCUT2D eigenvalue weighted by atomic mass is 10.00. The topological polar surface area (TPSA) is 40.5 Å². The van der Waals surface area contributed by atoms with E-state index in [9.17, 15) is 5.11 Å². The average Bonchev–Trinajstić information content (AvgIpc) is 1.87. The third-order valence-electron chi connectivity index (χ3n) is 1.53. The van der Waals surface area contributed by atoms with Gasteiger partial charge in [-0.3, -0.25) is 0 Å². The van der Waals surface area contributed by atoms with E-state index in [1.54, 1.807) is 13.0 Å². The minimum absolute atomic E-state index is 0.151. The Bertz CT molecular complexity index is 117. The van der Waals surface area contributed by atoms with Gasteiger partial charge in [-0.05, 0) is 19.8 Å². The fourth-order valence-electron chi connectivity index (χ4n) is 1.00. The van der Waals surface area contributed by atoms with Crippen molar-refractivity contribution in [2.24, 2.45) is 0 Å². The normalized spacial score (nSPS) is 17.1. The summed E-state index contributed by atoms with van der Waals surface area (Å²) in [6, 6.07) is 0. The molecule has 2 nitrogen and oxygen atoms in total. The van der Waals surface area contributed by atoms with Crippen molar-refractivity contribution in [3.05, 3.63) is 12.2 Å². The molecule has 1 atom stereocenters. The van der Waals surface area contributed by atoms with Crippen LogP contribution in [0.3, 0.4) is 0 Å². The molecule has 0 saturated carbocycles. The zero-order chi connectivity index (χ0) is 8.74. The Morgan fingerprint density at radius 3 is 2.55 bits per heavy atom. The summed E-state index contributed by atoms with van der Waals surface area (Å²) in [6.07, 6.45) is 5.94. The molecule has 0 saturated heterocycles. The molecule has 0 rings (SSSR count). The maximum absolute atomic E-state index is 9.57. The molecule has 2 N–H and O–H groups in total. The van der Waals surface area contributed by atoms with Gasteiger partial charge in [-0.15, -0.1) is 0 Å². The van der Waals surface area contributed by atoms with Crippen LogP contribution in [0, 0.1) is 0 Å². The Morgan fingerprint density at radius 2 is 2.09 bits per heavy atom. The zero-order valence-electron chi connectivity index (χ0n) is 7.38. The van der Waals surface area contributed by atoms with E-state index in [4.69, 9.17) is 5.11 Å². The number of hydrogen-bond acceptors (Lipinski definition) is 2. The van der Waals surface area contributed by atoms with Gasteiger partial charge in [-0.2, -0.15) is 0 Å². The summed E-state index contributed by atoms with van der Waals surface area (Å²) in [5.41, 5.74) is -0.691. The van der Waals surface area contributed by atoms with Gasteiger partial charge in [-0.25, -0.2) is 0 Å². The van der Waals surface area contributed by atoms with Crippen molar-refractivity contribution >= 4 is 0 Å². The molecular formula is C9H18O2. The van der Waals surface area contributed by atoms with Crippen LogP contribution in [-0.4, -0.2) is 22.4 Å². The van der Waals surface area contributed by atoms with E-state index in [2.05, 4.69) is 0 Å². The average molecular weight is 158 g/mol. The lowest BCUT2D eigenvalue weighted by Gasteiger charge is -2.17. The van der Waals surface area contributed by atoms with E-state index in [1.165, 1.54) is 0 Å². The van der Waals surface area contributed by atoms with Crippen LogP contribution in [0.2, 0.25) is 0 Å². The van der Waals surface area contributed by atoms with E-state index in [0.29, 0.717) is 6.42 Å². The molecule has 2 heteroatoms. The Morgan fingerprint density at radius 1 is 1.45 bits per heavy atom. The highest BCUT2D eigenvalue weighted by Crippen LogP contribution is 2.13. The van der Waals surface area contributed by atoms with Crippen molar-refractivity contribution < 1.29 is 10.2 Å². The molecule has 0 bridgehead atoms. The minimum Gasteiger partial charge on any atom is -0.396 e. The van der Waals surface area contributed by atoms with Crippen molar-refractivity contribution in [3.8, 4) is 0 Å². The first kappa shape index (κ1) is 10.7. The fraction of sp³-hybridized carbons (Fsp3) is 0.778. The molecule has 0 aromatic carbocycles. The summed E-state index contributed by atoms with van der Waals surface area (Å²) in [6.45, 7) is 3.97. The van der Waals surface area contributed by atoms with Gasteiger partial charge in [0.25, 0.3) is 0 Å². The van der Waals surface area contributed by atoms with Gasteiger partial charge in [0.15, 0.2) is 0 Å². The molecule has 0 fully saturated rings. The first-order valence-electron chi connectivity index (χ1n) is 4.13. The number of aliphatic hydroxyl groups excluding tert-OH is 1. The van der Waals surface area contributed by atoms with Gasteiger partial charge in [0.05, 0.1) is 5.60 Å². The van der Waals surface area contributed by atoms with E-state index in [-0.39, 0.29) is 6.61 Å². The summed E-state index contributed by atoms with van der Waals surface area (Å²) in [7, 11) is 0. The summed E-state index contributed by atoms with van der Waals surface area (Å²) in [5, 5.41) is 18.0. The molecule has 0 aliphatic carbocycles. The SMILES string of the molecule is CCCC(C)(O)C=CCCO. The number of hydrogen-bond donors (Lipinski definition) is 2. The predicted octanol–water partition coefficient (Wildman–Crippen LogP) is 1.48. The van der Waals surface area contributed by atoms with Crippen LogP contribution >= 0.6 is 0 Å². The summed E-state index contributed by atoms with van der Waals surface area (Å²) in [5.74, 6) is 0. The van der Waals surface area contributed by atoms with Crippen molar-refractivity contribution in [1.29, 1.82) is 0 Å². The van der Waals surface area contributed by atoms with Gasteiger partial charge < -0.3 is 10.2 Å². The smallest absolute Gasteiger partial charge is 0.0799 e. The number of aliphatic hydroxyl groups is 2. The minimum atomic E-state index is -0.691. The monoisotopic (exact) mass is 158 g/mol. The van der Waals surface area contributed by atoms with Crippen LogP contribution in [0.15, 0.2) is 12.2 Å². The second kappa shape index (κ2) is 5.33. The first-order valence-corrected chi connectivity index (χ1v) is 4.13. The number of rotatable bonds is 5. The van der Waals surface area contributed by atoms with E-state index in [0.717, 1.165) is 12.8 Å². The second-order valence-electron chi connectivity index (χ2n) is 3.02. The van der Waals surface area contributed by atoms with Crippen LogP contribution < -0.4 is 0 Å². The Hall–Kier alpha value is -0.340. The van der Waals surface area contributed by atoms with Crippen LogP contribution in [0.1, 0.15) is 33.1 Å². The van der Waals surface area contributed by atoms with Crippen LogP contribution in [0.4, 0.5) is 0 Å². The van der Waals surface area contributed by atoms with Gasteiger partial charge >= 0.3 is 0 Å². The quantitative estimate of drug-likeness (QED) is 0.595. The molecule has 0 spiro atoms. The Kier molecular flexibility index (Phi) is 5.16. The summed E-state index contributed by atoms with van der Waals surface area (Å²) >= 11 is 0. The van der Waals surface area contributed by atoms with E-state index >= 15 is 0 Å². The largest absolute Gasteiger partial charge is 0.396 e. The highest BCUT2D eigenvalue weighted by molar-refractivity contribution is 4.97. The molecule has 0 heterocycles. The second-order valence-corrected chi connectivity index (χ2v) is 3.02. The molecule has 0 amide bonds. The highest BCUT2D eigenvalue weighted by Gasteiger charge is 2.13. The molecule has 1 unspecified atom stereocenters. The van der Waals surface area contributed by atoms with E-state index in [1.807, 2.05) is 13.0 Å². The molecule has 11 heavy (non-hydrogen) atoms. The standard InChI is InChI=1S/C9H18O2/c1-3-6-9(2,11)7-4-5-8-10/h4,7,10-11H,3,5-6,8H2,1-2H3. The third-order valence-corrected chi connectivity index (χ3v) is 1.53. The highest BCUT2D eigenvalue weighted by atomic mass is 16.3. The molecule has 0 radical (unpaired) electrons. The van der Waals surface area contributed by atoms with Crippen LogP contribution in [-0.2, 0) is 0 Å². The molecule has 66 valence electrons. The maximum atomic E-state index is 9.57. The summed E-state index contributed by atoms with van der Waals surface area (Å²) < 4.78 is 0. The lowest BCUT2D eigenvalue weighted by molar-refractivity contribution is 0.101. The Balaban J connectivity index is 3.69. The molecule has 0 aromatic heterocycles. The first-order chi connectivity index (χ1) is 5.12. The Labute approximate surface area is 68.6 Å². The summed E-state index contributed by atoms with van der Waals surface area (Å²) in [4.78, 5) is 0. The fourth-order valence-corrected chi connectivity index (χ4v) is 1.00. The van der Waals surface area contributed by atoms with Gasteiger partial charge in [0.2, 0.25) is 0 Å². The van der Waals surface area contributed by atoms with Gasteiger partial charge in [0, 0.05) is 6.61 Å². The lowest BCUT2D eigenvalue weighted by Crippen LogP contribution is -2.19. The maximum Gasteiger partial charge on any atom is 0.0799 e. The molecular weight excluding hydrogens is 140 g/mol.